The average Bonchev–Trinajstić information content (AvgIpc) is 1.95. The zero-order chi connectivity index (χ0) is 7.56. The Balaban J connectivity index is 3.31. The SMILES string of the molecule is C#Cc1cccc(Br)c1Cl. The lowest BCUT2D eigenvalue weighted by Crippen LogP contribution is -1.75. The summed E-state index contributed by atoms with van der Waals surface area (Å²) in [5.74, 6) is 2.47. The molecule has 0 aliphatic carbocycles. The molecule has 0 unspecified atom stereocenters. The Morgan fingerprint density at radius 1 is 1.50 bits per heavy atom. The Bertz CT molecular complexity index is 286. The first-order valence-corrected chi connectivity index (χ1v) is 3.83. The highest BCUT2D eigenvalue weighted by Crippen LogP contribution is 2.24. The van der Waals surface area contributed by atoms with Crippen LogP contribution >= 0.6 is 27.5 Å². The summed E-state index contributed by atoms with van der Waals surface area (Å²) in [4.78, 5) is 0. The molecule has 0 spiro atoms. The quantitative estimate of drug-likeness (QED) is 0.584. The van der Waals surface area contributed by atoms with Gasteiger partial charge in [-0.3, -0.25) is 0 Å². The van der Waals surface area contributed by atoms with Crippen LogP contribution in [0, 0.1) is 12.3 Å². The first-order chi connectivity index (χ1) is 4.75. The summed E-state index contributed by atoms with van der Waals surface area (Å²) in [6.45, 7) is 0. The lowest BCUT2D eigenvalue weighted by Gasteiger charge is -1.96. The van der Waals surface area contributed by atoms with Gasteiger partial charge in [0.1, 0.15) is 0 Å². The van der Waals surface area contributed by atoms with Crippen LogP contribution in [0.2, 0.25) is 5.02 Å². The number of hydrogen-bond donors (Lipinski definition) is 0. The van der Waals surface area contributed by atoms with E-state index in [2.05, 4.69) is 21.9 Å². The fraction of sp³-hybridized carbons (Fsp3) is 0. The predicted octanol–water partition coefficient (Wildman–Crippen LogP) is 3.08. The summed E-state index contributed by atoms with van der Waals surface area (Å²) in [6.07, 6.45) is 5.16. The van der Waals surface area contributed by atoms with E-state index in [1.807, 2.05) is 12.1 Å². The van der Waals surface area contributed by atoms with E-state index in [4.69, 9.17) is 18.0 Å². The molecular formula is C8H4BrCl. The molecule has 1 rings (SSSR count). The maximum Gasteiger partial charge on any atom is 0.0704 e. The monoisotopic (exact) mass is 214 g/mol. The van der Waals surface area contributed by atoms with Gasteiger partial charge >= 0.3 is 0 Å². The molecule has 50 valence electrons. The highest BCUT2D eigenvalue weighted by molar-refractivity contribution is 9.10. The smallest absolute Gasteiger partial charge is 0.0704 e. The van der Waals surface area contributed by atoms with Gasteiger partial charge in [0.25, 0.3) is 0 Å². The van der Waals surface area contributed by atoms with E-state index >= 15 is 0 Å². The van der Waals surface area contributed by atoms with E-state index in [1.54, 1.807) is 6.07 Å². The Morgan fingerprint density at radius 3 is 2.70 bits per heavy atom. The van der Waals surface area contributed by atoms with Crippen LogP contribution in [0.3, 0.4) is 0 Å². The van der Waals surface area contributed by atoms with Crippen LogP contribution in [0.15, 0.2) is 22.7 Å². The molecule has 0 aliphatic heterocycles. The van der Waals surface area contributed by atoms with Crippen LogP contribution in [0.1, 0.15) is 5.56 Å². The third-order valence-corrected chi connectivity index (χ3v) is 2.40. The Hall–Kier alpha value is -0.450. The van der Waals surface area contributed by atoms with Crippen molar-refractivity contribution in [2.75, 3.05) is 0 Å². The zero-order valence-corrected chi connectivity index (χ0v) is 7.41. The largest absolute Gasteiger partial charge is 0.115 e. The van der Waals surface area contributed by atoms with Gasteiger partial charge in [-0.25, -0.2) is 0 Å². The molecule has 0 N–H and O–H groups in total. The molecule has 0 amide bonds. The minimum Gasteiger partial charge on any atom is -0.115 e. The fourth-order valence-electron chi connectivity index (χ4n) is 0.615. The first-order valence-electron chi connectivity index (χ1n) is 2.66. The minimum atomic E-state index is 0.602. The second-order valence-electron chi connectivity index (χ2n) is 1.75. The molecule has 0 radical (unpaired) electrons. The molecule has 10 heavy (non-hydrogen) atoms. The lowest BCUT2D eigenvalue weighted by atomic mass is 10.2. The van der Waals surface area contributed by atoms with Crippen LogP contribution in [0.4, 0.5) is 0 Å². The van der Waals surface area contributed by atoms with Gasteiger partial charge in [-0.2, -0.15) is 0 Å². The summed E-state index contributed by atoms with van der Waals surface area (Å²) in [7, 11) is 0. The van der Waals surface area contributed by atoms with Gasteiger partial charge < -0.3 is 0 Å². The van der Waals surface area contributed by atoms with Crippen LogP contribution in [0.5, 0.6) is 0 Å². The van der Waals surface area contributed by atoms with Gasteiger partial charge in [0.15, 0.2) is 0 Å². The second-order valence-corrected chi connectivity index (χ2v) is 2.98. The topological polar surface area (TPSA) is 0 Å². The van der Waals surface area contributed by atoms with Crippen molar-refractivity contribution >= 4 is 27.5 Å². The molecule has 1 aromatic rings. The van der Waals surface area contributed by atoms with Crippen LogP contribution in [-0.2, 0) is 0 Å². The summed E-state index contributed by atoms with van der Waals surface area (Å²) in [6, 6.07) is 5.50. The van der Waals surface area contributed by atoms with Crippen molar-refractivity contribution in [3.8, 4) is 12.3 Å². The molecule has 0 aromatic heterocycles. The molecule has 0 fully saturated rings. The molecule has 1 aromatic carbocycles. The van der Waals surface area contributed by atoms with Gasteiger partial charge in [-0.1, -0.05) is 23.6 Å². The van der Waals surface area contributed by atoms with E-state index in [0.717, 1.165) is 10.0 Å². The maximum absolute atomic E-state index is 5.80. The zero-order valence-electron chi connectivity index (χ0n) is 5.07. The molecule has 0 heterocycles. The van der Waals surface area contributed by atoms with E-state index in [9.17, 15) is 0 Å². The van der Waals surface area contributed by atoms with E-state index in [-0.39, 0.29) is 0 Å². The highest BCUT2D eigenvalue weighted by Gasteiger charge is 1.98. The van der Waals surface area contributed by atoms with Crippen LogP contribution in [-0.4, -0.2) is 0 Å². The normalized spacial score (nSPS) is 8.90. The van der Waals surface area contributed by atoms with Crippen LogP contribution in [0.25, 0.3) is 0 Å². The van der Waals surface area contributed by atoms with Gasteiger partial charge in [0.2, 0.25) is 0 Å². The fourth-order valence-corrected chi connectivity index (χ4v) is 1.16. The van der Waals surface area contributed by atoms with Crippen molar-refractivity contribution in [3.63, 3.8) is 0 Å². The highest BCUT2D eigenvalue weighted by atomic mass is 79.9. The predicted molar refractivity (Wildman–Crippen MR) is 47.1 cm³/mol. The molecule has 2 heteroatoms. The number of rotatable bonds is 0. The Labute approximate surface area is 73.3 Å². The van der Waals surface area contributed by atoms with E-state index < -0.39 is 0 Å². The van der Waals surface area contributed by atoms with Gasteiger partial charge in [0, 0.05) is 10.0 Å². The van der Waals surface area contributed by atoms with Gasteiger partial charge in [-0.05, 0) is 28.1 Å². The molecule has 0 atom stereocenters. The van der Waals surface area contributed by atoms with Crippen molar-refractivity contribution in [3.05, 3.63) is 33.3 Å². The third-order valence-electron chi connectivity index (χ3n) is 1.11. The molecule has 0 bridgehead atoms. The van der Waals surface area contributed by atoms with Crippen molar-refractivity contribution in [2.24, 2.45) is 0 Å². The number of terminal acetylenes is 1. The Kier molecular flexibility index (Phi) is 2.37. The minimum absolute atomic E-state index is 0.602. The number of benzene rings is 1. The maximum atomic E-state index is 5.80. The van der Waals surface area contributed by atoms with Gasteiger partial charge in [0.05, 0.1) is 5.02 Å². The van der Waals surface area contributed by atoms with Crippen molar-refractivity contribution in [1.82, 2.24) is 0 Å². The van der Waals surface area contributed by atoms with E-state index in [1.165, 1.54) is 0 Å². The standard InChI is InChI=1S/C8H4BrCl/c1-2-6-4-3-5-7(9)8(6)10/h1,3-5H. The molecule has 0 saturated heterocycles. The Morgan fingerprint density at radius 2 is 2.20 bits per heavy atom. The first kappa shape index (κ1) is 7.65. The summed E-state index contributed by atoms with van der Waals surface area (Å²) >= 11 is 9.06. The molecule has 0 saturated carbocycles. The van der Waals surface area contributed by atoms with Gasteiger partial charge in [-0.15, -0.1) is 6.42 Å². The van der Waals surface area contributed by atoms with Crippen molar-refractivity contribution < 1.29 is 0 Å². The van der Waals surface area contributed by atoms with Crippen molar-refractivity contribution in [2.45, 2.75) is 0 Å². The molecule has 0 aliphatic rings. The second kappa shape index (κ2) is 3.09. The van der Waals surface area contributed by atoms with Crippen molar-refractivity contribution in [1.29, 1.82) is 0 Å². The third kappa shape index (κ3) is 1.34. The summed E-state index contributed by atoms with van der Waals surface area (Å²) < 4.78 is 0.838. The number of hydrogen-bond acceptors (Lipinski definition) is 0. The van der Waals surface area contributed by atoms with E-state index in [0.29, 0.717) is 5.02 Å². The lowest BCUT2D eigenvalue weighted by molar-refractivity contribution is 1.60. The number of halogens is 2. The average molecular weight is 215 g/mol. The molecule has 0 nitrogen and oxygen atoms in total. The summed E-state index contributed by atoms with van der Waals surface area (Å²) in [5, 5.41) is 0.602. The summed E-state index contributed by atoms with van der Waals surface area (Å²) in [5.41, 5.74) is 0.719. The van der Waals surface area contributed by atoms with Crippen LogP contribution < -0.4 is 0 Å². The molecular weight excluding hydrogens is 211 g/mol.